The molecule has 0 saturated heterocycles. The number of methoxy groups -OCH3 is 1. The van der Waals surface area contributed by atoms with Crippen LogP contribution in [-0.4, -0.2) is 24.3 Å². The van der Waals surface area contributed by atoms with E-state index >= 15 is 0 Å². The first-order valence-electron chi connectivity index (χ1n) is 4.67. The van der Waals surface area contributed by atoms with Crippen LogP contribution >= 0.6 is 0 Å². The van der Waals surface area contributed by atoms with Crippen molar-refractivity contribution in [2.45, 2.75) is 38.2 Å². The van der Waals surface area contributed by atoms with Gasteiger partial charge in [0.15, 0.2) is 0 Å². The van der Waals surface area contributed by atoms with Gasteiger partial charge in [-0.25, -0.2) is 0 Å². The minimum atomic E-state index is -0.735. The van der Waals surface area contributed by atoms with Gasteiger partial charge >= 0.3 is 5.97 Å². The smallest absolute Gasteiger partial charge is 0.303 e. The monoisotopic (exact) mass is 184 g/mol. The van der Waals surface area contributed by atoms with Crippen molar-refractivity contribution in [3.05, 3.63) is 11.6 Å². The first-order valence-corrected chi connectivity index (χ1v) is 4.67. The van der Waals surface area contributed by atoms with Gasteiger partial charge in [-0.2, -0.15) is 0 Å². The fourth-order valence-electron chi connectivity index (χ4n) is 1.69. The van der Waals surface area contributed by atoms with Crippen LogP contribution in [0.5, 0.6) is 0 Å². The Morgan fingerprint density at radius 2 is 2.54 bits per heavy atom. The van der Waals surface area contributed by atoms with E-state index in [0.717, 1.165) is 24.8 Å². The van der Waals surface area contributed by atoms with Crippen LogP contribution in [0.2, 0.25) is 0 Å². The van der Waals surface area contributed by atoms with Gasteiger partial charge in [-0.15, -0.1) is 0 Å². The lowest BCUT2D eigenvalue weighted by molar-refractivity contribution is -0.137. The number of carbonyl (C=O) groups is 1. The summed E-state index contributed by atoms with van der Waals surface area (Å²) in [6, 6.07) is 0. The summed E-state index contributed by atoms with van der Waals surface area (Å²) in [5.41, 5.74) is 1.16. The summed E-state index contributed by atoms with van der Waals surface area (Å²) in [6.45, 7) is 0. The lowest BCUT2D eigenvalue weighted by Gasteiger charge is -2.22. The van der Waals surface area contributed by atoms with Crippen molar-refractivity contribution in [2.75, 3.05) is 7.11 Å². The molecule has 0 aromatic heterocycles. The fraction of sp³-hybridized carbons (Fsp3) is 0.700. The minimum Gasteiger partial charge on any atom is -0.481 e. The first-order chi connectivity index (χ1) is 6.24. The summed E-state index contributed by atoms with van der Waals surface area (Å²) in [7, 11) is 1.69. The molecule has 1 atom stereocenters. The zero-order chi connectivity index (χ0) is 9.68. The van der Waals surface area contributed by atoms with Crippen LogP contribution in [0.1, 0.15) is 32.1 Å². The summed E-state index contributed by atoms with van der Waals surface area (Å²) in [5, 5.41) is 8.54. The van der Waals surface area contributed by atoms with E-state index in [2.05, 4.69) is 6.08 Å². The summed E-state index contributed by atoms with van der Waals surface area (Å²) < 4.78 is 5.27. The molecule has 0 fully saturated rings. The summed E-state index contributed by atoms with van der Waals surface area (Å²) in [6.07, 6.45) is 6.37. The van der Waals surface area contributed by atoms with Crippen LogP contribution in [-0.2, 0) is 9.53 Å². The van der Waals surface area contributed by atoms with Crippen LogP contribution < -0.4 is 0 Å². The molecule has 0 aromatic carbocycles. The predicted octanol–water partition coefficient (Wildman–Crippen LogP) is 1.98. The van der Waals surface area contributed by atoms with E-state index < -0.39 is 5.97 Å². The third kappa shape index (κ3) is 3.19. The Morgan fingerprint density at radius 1 is 1.77 bits per heavy atom. The summed E-state index contributed by atoms with van der Waals surface area (Å²) in [4.78, 5) is 10.4. The highest BCUT2D eigenvalue weighted by molar-refractivity contribution is 5.67. The number of rotatable bonds is 4. The quantitative estimate of drug-likeness (QED) is 0.679. The third-order valence-corrected chi connectivity index (χ3v) is 2.40. The number of hydrogen-bond donors (Lipinski definition) is 1. The lowest BCUT2D eigenvalue weighted by Crippen LogP contribution is -2.17. The Labute approximate surface area is 78.4 Å². The van der Waals surface area contributed by atoms with E-state index in [0.29, 0.717) is 6.42 Å². The molecule has 0 radical (unpaired) electrons. The van der Waals surface area contributed by atoms with E-state index in [1.54, 1.807) is 7.11 Å². The molecule has 3 nitrogen and oxygen atoms in total. The second kappa shape index (κ2) is 5.02. The highest BCUT2D eigenvalue weighted by Crippen LogP contribution is 2.24. The molecular weight excluding hydrogens is 168 g/mol. The molecule has 0 spiro atoms. The number of allylic oxidation sites excluding steroid dienone is 1. The second-order valence-corrected chi connectivity index (χ2v) is 3.33. The number of aliphatic carboxylic acids is 1. The second-order valence-electron chi connectivity index (χ2n) is 3.33. The fourth-order valence-corrected chi connectivity index (χ4v) is 1.69. The van der Waals surface area contributed by atoms with Crippen LogP contribution in [0.15, 0.2) is 11.6 Å². The van der Waals surface area contributed by atoms with Gasteiger partial charge in [0.1, 0.15) is 0 Å². The van der Waals surface area contributed by atoms with Crippen LogP contribution in [0.25, 0.3) is 0 Å². The van der Waals surface area contributed by atoms with E-state index in [4.69, 9.17) is 9.84 Å². The standard InChI is InChI=1S/C10H16O3/c1-13-9-5-3-2-4-8(9)6-7-10(11)12/h4,9H,2-3,5-7H2,1H3,(H,11,12). The molecule has 13 heavy (non-hydrogen) atoms. The molecule has 0 aliphatic heterocycles. The minimum absolute atomic E-state index is 0.160. The number of ether oxygens (including phenoxy) is 1. The van der Waals surface area contributed by atoms with Gasteiger partial charge in [-0.1, -0.05) is 6.08 Å². The van der Waals surface area contributed by atoms with Crippen molar-refractivity contribution >= 4 is 5.97 Å². The van der Waals surface area contributed by atoms with E-state index in [1.807, 2.05) is 0 Å². The van der Waals surface area contributed by atoms with Gasteiger partial charge in [0, 0.05) is 13.5 Å². The van der Waals surface area contributed by atoms with Crippen molar-refractivity contribution in [3.63, 3.8) is 0 Å². The maximum Gasteiger partial charge on any atom is 0.303 e. The SMILES string of the molecule is COC1CCCC=C1CCC(=O)O. The Kier molecular flexibility index (Phi) is 3.96. The molecule has 0 aromatic rings. The number of hydrogen-bond acceptors (Lipinski definition) is 2. The van der Waals surface area contributed by atoms with Crippen molar-refractivity contribution in [3.8, 4) is 0 Å². The van der Waals surface area contributed by atoms with Crippen molar-refractivity contribution in [2.24, 2.45) is 0 Å². The molecule has 1 unspecified atom stereocenters. The Balaban J connectivity index is 2.44. The van der Waals surface area contributed by atoms with E-state index in [1.165, 1.54) is 0 Å². The van der Waals surface area contributed by atoms with Gasteiger partial charge in [0.25, 0.3) is 0 Å². The van der Waals surface area contributed by atoms with E-state index in [-0.39, 0.29) is 12.5 Å². The molecule has 1 aliphatic rings. The Morgan fingerprint density at radius 3 is 3.15 bits per heavy atom. The average Bonchev–Trinajstić information content (AvgIpc) is 2.15. The maximum absolute atomic E-state index is 10.4. The van der Waals surface area contributed by atoms with Gasteiger partial charge in [-0.05, 0) is 31.3 Å². The topological polar surface area (TPSA) is 46.5 Å². The number of carboxylic acids is 1. The van der Waals surface area contributed by atoms with Crippen LogP contribution in [0.3, 0.4) is 0 Å². The molecule has 1 aliphatic carbocycles. The molecule has 3 heteroatoms. The zero-order valence-electron chi connectivity index (χ0n) is 7.95. The third-order valence-electron chi connectivity index (χ3n) is 2.40. The van der Waals surface area contributed by atoms with Crippen molar-refractivity contribution in [1.29, 1.82) is 0 Å². The highest BCUT2D eigenvalue weighted by Gasteiger charge is 2.17. The molecule has 1 N–H and O–H groups in total. The molecule has 0 saturated carbocycles. The van der Waals surface area contributed by atoms with Crippen molar-refractivity contribution < 1.29 is 14.6 Å². The average molecular weight is 184 g/mol. The summed E-state index contributed by atoms with van der Waals surface area (Å²) in [5.74, 6) is -0.735. The van der Waals surface area contributed by atoms with E-state index in [9.17, 15) is 4.79 Å². The Hall–Kier alpha value is -0.830. The normalized spacial score (nSPS) is 22.5. The molecule has 0 heterocycles. The molecule has 0 bridgehead atoms. The van der Waals surface area contributed by atoms with Gasteiger partial charge in [-0.3, -0.25) is 4.79 Å². The molecule has 1 rings (SSSR count). The molecule has 74 valence electrons. The van der Waals surface area contributed by atoms with Gasteiger partial charge < -0.3 is 9.84 Å². The largest absolute Gasteiger partial charge is 0.481 e. The van der Waals surface area contributed by atoms with Gasteiger partial charge in [0.2, 0.25) is 0 Å². The maximum atomic E-state index is 10.4. The van der Waals surface area contributed by atoms with Gasteiger partial charge in [0.05, 0.1) is 6.10 Å². The predicted molar refractivity (Wildman–Crippen MR) is 49.6 cm³/mol. The summed E-state index contributed by atoms with van der Waals surface area (Å²) >= 11 is 0. The van der Waals surface area contributed by atoms with Crippen LogP contribution in [0, 0.1) is 0 Å². The number of carboxylic acid groups (broad SMARTS) is 1. The first kappa shape index (κ1) is 10.3. The Bertz CT molecular complexity index is 208. The molecular formula is C10H16O3. The van der Waals surface area contributed by atoms with Crippen molar-refractivity contribution in [1.82, 2.24) is 0 Å². The lowest BCUT2D eigenvalue weighted by atomic mass is 9.93. The molecule has 0 amide bonds. The van der Waals surface area contributed by atoms with Crippen LogP contribution in [0.4, 0.5) is 0 Å². The highest BCUT2D eigenvalue weighted by atomic mass is 16.5. The zero-order valence-corrected chi connectivity index (χ0v) is 7.95.